The van der Waals surface area contributed by atoms with Crippen LogP contribution in [0.4, 0.5) is 10.1 Å². The highest BCUT2D eigenvalue weighted by Crippen LogP contribution is 2.35. The Morgan fingerprint density at radius 2 is 1.81 bits per heavy atom. The van der Waals surface area contributed by atoms with Crippen molar-refractivity contribution in [3.8, 4) is 11.8 Å². The van der Waals surface area contributed by atoms with Crippen LogP contribution in [0.5, 0.6) is 5.75 Å². The third-order valence-electron chi connectivity index (χ3n) is 8.02. The Hall–Kier alpha value is -4.36. The maximum Gasteiger partial charge on any atom is 0.255 e. The summed E-state index contributed by atoms with van der Waals surface area (Å²) in [6, 6.07) is 19.5. The van der Waals surface area contributed by atoms with Crippen molar-refractivity contribution in [1.82, 2.24) is 10.2 Å². The van der Waals surface area contributed by atoms with E-state index in [9.17, 15) is 18.8 Å². The Labute approximate surface area is 247 Å². The van der Waals surface area contributed by atoms with Crippen molar-refractivity contribution in [2.24, 2.45) is 0 Å². The molecule has 3 amide bonds. The quantitative estimate of drug-likeness (QED) is 0.398. The molecule has 1 unspecified atom stereocenters. The van der Waals surface area contributed by atoms with Crippen molar-refractivity contribution in [2.75, 3.05) is 18.0 Å². The molecule has 0 radical (unpaired) electrons. The van der Waals surface area contributed by atoms with Crippen LogP contribution in [0.3, 0.4) is 0 Å². The van der Waals surface area contributed by atoms with Crippen LogP contribution in [0.1, 0.15) is 52.7 Å². The molecule has 3 aromatic rings. The molecule has 214 valence electrons. The van der Waals surface area contributed by atoms with Gasteiger partial charge in [-0.1, -0.05) is 18.2 Å². The number of amides is 3. The first-order valence-electron chi connectivity index (χ1n) is 14.0. The molecule has 0 aromatic heterocycles. The molecule has 2 saturated heterocycles. The molecule has 3 aliphatic rings. The zero-order chi connectivity index (χ0) is 29.2. The zero-order valence-electron chi connectivity index (χ0n) is 22.8. The molecule has 0 spiro atoms. The molecule has 1 atom stereocenters. The molecule has 0 bridgehead atoms. The summed E-state index contributed by atoms with van der Waals surface area (Å²) in [5.41, 5.74) is 3.16. The first kappa shape index (κ1) is 27.8. The standard InChI is InChI=1S/C32H29FN4O4S/c33-26-16-21(17-34)6-9-27(26)36-14-12-23(13-15-36)42-22-7-4-20(5-8-22)19-41-29-3-1-2-24-25(29)18-37(32(24)40)28-10-11-30(38)35-31(28)39/h1-9,16,23,28H,10-15,18-19H2,(H,35,38,39). The van der Waals surface area contributed by atoms with Gasteiger partial charge in [0.2, 0.25) is 11.8 Å². The van der Waals surface area contributed by atoms with Crippen molar-refractivity contribution < 1.29 is 23.5 Å². The number of carbonyl (C=O) groups is 3. The maximum absolute atomic E-state index is 14.4. The van der Waals surface area contributed by atoms with Gasteiger partial charge in [-0.2, -0.15) is 5.26 Å². The lowest BCUT2D eigenvalue weighted by atomic mass is 10.0. The SMILES string of the molecule is N#Cc1ccc(N2CCC(Sc3ccc(COc4cccc5c4CN(C4CCC(=O)NC4=O)C5=O)cc3)CC2)c(F)c1. The van der Waals surface area contributed by atoms with E-state index in [-0.39, 0.29) is 30.6 Å². The lowest BCUT2D eigenvalue weighted by molar-refractivity contribution is -0.136. The number of fused-ring (bicyclic) bond motifs is 1. The van der Waals surface area contributed by atoms with Gasteiger partial charge in [0.1, 0.15) is 24.2 Å². The number of nitrogens with one attached hydrogen (secondary N) is 1. The summed E-state index contributed by atoms with van der Waals surface area (Å²) in [7, 11) is 0. The van der Waals surface area contributed by atoms with Crippen LogP contribution in [0.15, 0.2) is 65.6 Å². The summed E-state index contributed by atoms with van der Waals surface area (Å²) in [6.45, 7) is 2.12. The second kappa shape index (κ2) is 11.9. The molecule has 10 heteroatoms. The van der Waals surface area contributed by atoms with E-state index in [1.165, 1.54) is 11.0 Å². The first-order valence-corrected chi connectivity index (χ1v) is 14.9. The number of nitrogens with zero attached hydrogens (tertiary/aromatic N) is 3. The molecular weight excluding hydrogens is 555 g/mol. The van der Waals surface area contributed by atoms with Gasteiger partial charge in [0, 0.05) is 40.8 Å². The number of nitriles is 1. The number of imide groups is 1. The maximum atomic E-state index is 14.4. The highest BCUT2D eigenvalue weighted by molar-refractivity contribution is 8.00. The van der Waals surface area contributed by atoms with Crippen molar-refractivity contribution >= 4 is 35.2 Å². The van der Waals surface area contributed by atoms with Crippen molar-refractivity contribution in [2.45, 2.75) is 55.0 Å². The number of carbonyl (C=O) groups excluding carboxylic acids is 3. The van der Waals surface area contributed by atoms with Crippen LogP contribution in [0.25, 0.3) is 0 Å². The number of thioether (sulfide) groups is 1. The number of ether oxygens (including phenoxy) is 1. The summed E-state index contributed by atoms with van der Waals surface area (Å²) >= 11 is 1.82. The number of benzene rings is 3. The Morgan fingerprint density at radius 3 is 2.52 bits per heavy atom. The highest BCUT2D eigenvalue weighted by atomic mass is 32.2. The van der Waals surface area contributed by atoms with Gasteiger partial charge in [-0.25, -0.2) is 4.39 Å². The third-order valence-corrected chi connectivity index (χ3v) is 9.37. The average molecular weight is 585 g/mol. The summed E-state index contributed by atoms with van der Waals surface area (Å²) in [5, 5.41) is 11.7. The van der Waals surface area contributed by atoms with Gasteiger partial charge in [-0.3, -0.25) is 19.7 Å². The highest BCUT2D eigenvalue weighted by Gasteiger charge is 2.40. The van der Waals surface area contributed by atoms with E-state index in [2.05, 4.69) is 17.4 Å². The third kappa shape index (κ3) is 5.70. The predicted octanol–water partition coefficient (Wildman–Crippen LogP) is 4.80. The van der Waals surface area contributed by atoms with Crippen LogP contribution < -0.4 is 15.0 Å². The fraction of sp³-hybridized carbons (Fsp3) is 0.312. The van der Waals surface area contributed by atoms with Gasteiger partial charge in [0.15, 0.2) is 0 Å². The van der Waals surface area contributed by atoms with Gasteiger partial charge < -0.3 is 14.5 Å². The molecule has 8 nitrogen and oxygen atoms in total. The molecule has 2 fully saturated rings. The fourth-order valence-electron chi connectivity index (χ4n) is 5.76. The van der Waals surface area contributed by atoms with Crippen molar-refractivity contribution in [1.29, 1.82) is 5.26 Å². The van der Waals surface area contributed by atoms with E-state index in [1.54, 1.807) is 24.3 Å². The minimum absolute atomic E-state index is 0.214. The van der Waals surface area contributed by atoms with E-state index in [1.807, 2.05) is 40.9 Å². The summed E-state index contributed by atoms with van der Waals surface area (Å²) in [5.74, 6) is -0.704. The van der Waals surface area contributed by atoms with E-state index in [0.717, 1.165) is 42.0 Å². The van der Waals surface area contributed by atoms with Gasteiger partial charge in [0.05, 0.1) is 23.9 Å². The van der Waals surface area contributed by atoms with Crippen molar-refractivity contribution in [3.05, 3.63) is 88.7 Å². The van der Waals surface area contributed by atoms with Gasteiger partial charge in [-0.15, -0.1) is 11.8 Å². The van der Waals surface area contributed by atoms with Crippen LogP contribution in [-0.2, 0) is 22.7 Å². The molecule has 0 aliphatic carbocycles. The van der Waals surface area contributed by atoms with E-state index in [0.29, 0.717) is 40.8 Å². The minimum atomic E-state index is -0.662. The normalized spacial score (nSPS) is 19.0. The first-order chi connectivity index (χ1) is 20.4. The fourth-order valence-corrected chi connectivity index (χ4v) is 6.88. The van der Waals surface area contributed by atoms with E-state index >= 15 is 0 Å². The Bertz CT molecular complexity index is 1580. The van der Waals surface area contributed by atoms with Crippen molar-refractivity contribution in [3.63, 3.8) is 0 Å². The van der Waals surface area contributed by atoms with Gasteiger partial charge >= 0.3 is 0 Å². The molecule has 1 N–H and O–H groups in total. The minimum Gasteiger partial charge on any atom is -0.489 e. The van der Waals surface area contributed by atoms with Crippen LogP contribution in [0.2, 0.25) is 0 Å². The van der Waals surface area contributed by atoms with E-state index < -0.39 is 11.9 Å². The average Bonchev–Trinajstić information content (AvgIpc) is 3.33. The summed E-state index contributed by atoms with van der Waals surface area (Å²) in [4.78, 5) is 41.7. The summed E-state index contributed by atoms with van der Waals surface area (Å²) in [6.07, 6.45) is 2.40. The molecule has 42 heavy (non-hydrogen) atoms. The monoisotopic (exact) mass is 584 g/mol. The van der Waals surface area contributed by atoms with Crippen LogP contribution in [-0.4, -0.2) is 47.0 Å². The molecule has 3 heterocycles. The largest absolute Gasteiger partial charge is 0.489 e. The predicted molar refractivity (Wildman–Crippen MR) is 155 cm³/mol. The molecular formula is C32H29FN4O4S. The number of anilines is 1. The van der Waals surface area contributed by atoms with Gasteiger partial charge in [0.25, 0.3) is 5.91 Å². The number of halogens is 1. The lowest BCUT2D eigenvalue weighted by Crippen LogP contribution is -2.52. The topological polar surface area (TPSA) is 103 Å². The lowest BCUT2D eigenvalue weighted by Gasteiger charge is -2.33. The molecule has 3 aromatic carbocycles. The van der Waals surface area contributed by atoms with E-state index in [4.69, 9.17) is 10.00 Å². The number of piperidine rings is 2. The molecule has 6 rings (SSSR count). The number of hydrogen-bond acceptors (Lipinski definition) is 7. The summed E-state index contributed by atoms with van der Waals surface area (Å²) < 4.78 is 20.6. The Morgan fingerprint density at radius 1 is 1.02 bits per heavy atom. The Kier molecular flexibility index (Phi) is 7.85. The zero-order valence-corrected chi connectivity index (χ0v) is 23.7. The van der Waals surface area contributed by atoms with Crippen LogP contribution in [0, 0.1) is 17.1 Å². The number of rotatable bonds is 7. The Balaban J connectivity index is 1.02. The molecule has 3 aliphatic heterocycles. The second-order valence-electron chi connectivity index (χ2n) is 10.7. The smallest absolute Gasteiger partial charge is 0.255 e. The second-order valence-corrected chi connectivity index (χ2v) is 12.1. The number of hydrogen-bond donors (Lipinski definition) is 1. The van der Waals surface area contributed by atoms with Gasteiger partial charge in [-0.05, 0) is 67.3 Å². The molecule has 0 saturated carbocycles. The van der Waals surface area contributed by atoms with Crippen LogP contribution >= 0.6 is 11.8 Å².